The second-order valence-corrected chi connectivity index (χ2v) is 6.39. The highest BCUT2D eigenvalue weighted by Crippen LogP contribution is 2.11. The van der Waals surface area contributed by atoms with Gasteiger partial charge in [-0.3, -0.25) is 4.99 Å². The van der Waals surface area contributed by atoms with Crippen LogP contribution in [-0.2, 0) is 9.47 Å². The monoisotopic (exact) mass is 326 g/mol. The van der Waals surface area contributed by atoms with E-state index in [4.69, 9.17) is 9.47 Å². The van der Waals surface area contributed by atoms with E-state index >= 15 is 0 Å². The van der Waals surface area contributed by atoms with Crippen LogP contribution >= 0.6 is 0 Å². The molecule has 2 N–H and O–H groups in total. The first kappa shape index (κ1) is 18.5. The van der Waals surface area contributed by atoms with Crippen molar-refractivity contribution in [2.45, 2.75) is 44.6 Å². The first-order chi connectivity index (χ1) is 11.4. The Hall–Kier alpha value is -0.850. The van der Waals surface area contributed by atoms with Gasteiger partial charge >= 0.3 is 0 Å². The van der Waals surface area contributed by atoms with E-state index in [1.807, 2.05) is 7.05 Å². The molecule has 134 valence electrons. The molecule has 23 heavy (non-hydrogen) atoms. The second-order valence-electron chi connectivity index (χ2n) is 6.39. The number of likely N-dealkylation sites (tertiary alicyclic amines) is 1. The van der Waals surface area contributed by atoms with E-state index in [1.165, 1.54) is 38.8 Å². The Kier molecular flexibility index (Phi) is 9.36. The molecule has 1 atom stereocenters. The molecule has 0 aromatic heterocycles. The molecule has 2 aliphatic rings. The molecule has 6 heteroatoms. The van der Waals surface area contributed by atoms with Gasteiger partial charge in [-0.25, -0.2) is 0 Å². The predicted octanol–water partition coefficient (Wildman–Crippen LogP) is 1.22. The summed E-state index contributed by atoms with van der Waals surface area (Å²) in [7, 11) is 1.82. The second kappa shape index (κ2) is 11.6. The van der Waals surface area contributed by atoms with Gasteiger partial charge in [0.15, 0.2) is 5.96 Å². The largest absolute Gasteiger partial charge is 0.379 e. The number of hydrogen-bond donors (Lipinski definition) is 2. The summed E-state index contributed by atoms with van der Waals surface area (Å²) in [5.74, 6) is 0.890. The number of aliphatic imine (C=N–C) groups is 1. The van der Waals surface area contributed by atoms with E-state index in [1.54, 1.807) is 0 Å². The van der Waals surface area contributed by atoms with E-state index in [-0.39, 0.29) is 0 Å². The molecule has 2 aliphatic heterocycles. The standard InChI is InChI=1S/C17H34N4O2/c1-18-17(20-9-12-21-10-3-2-4-11-21)19-8-6-13-22-15-16-7-5-14-23-16/h16H,2-15H2,1H3,(H2,18,19,20). The maximum atomic E-state index is 5.66. The number of piperidine rings is 1. The normalized spacial score (nSPS) is 23.2. The molecule has 2 fully saturated rings. The molecule has 0 bridgehead atoms. The summed E-state index contributed by atoms with van der Waals surface area (Å²) >= 11 is 0. The molecule has 2 saturated heterocycles. The lowest BCUT2D eigenvalue weighted by molar-refractivity contribution is 0.0168. The van der Waals surface area contributed by atoms with Crippen LogP contribution in [0.5, 0.6) is 0 Å². The van der Waals surface area contributed by atoms with Gasteiger partial charge in [0, 0.05) is 39.9 Å². The van der Waals surface area contributed by atoms with Gasteiger partial charge in [-0.2, -0.15) is 0 Å². The van der Waals surface area contributed by atoms with Crippen LogP contribution in [-0.4, -0.2) is 76.6 Å². The smallest absolute Gasteiger partial charge is 0.191 e. The Balaban J connectivity index is 1.42. The van der Waals surface area contributed by atoms with Crippen molar-refractivity contribution >= 4 is 5.96 Å². The summed E-state index contributed by atoms with van der Waals surface area (Å²) in [5.41, 5.74) is 0. The molecule has 6 nitrogen and oxygen atoms in total. The molecule has 0 amide bonds. The van der Waals surface area contributed by atoms with E-state index in [0.29, 0.717) is 6.10 Å². The number of ether oxygens (including phenoxy) is 2. The Labute approximate surface area is 141 Å². The van der Waals surface area contributed by atoms with Crippen molar-refractivity contribution < 1.29 is 9.47 Å². The molecule has 0 aromatic rings. The first-order valence-electron chi connectivity index (χ1n) is 9.24. The molecule has 0 spiro atoms. The fraction of sp³-hybridized carbons (Fsp3) is 0.941. The van der Waals surface area contributed by atoms with Gasteiger partial charge in [-0.1, -0.05) is 6.42 Å². The summed E-state index contributed by atoms with van der Waals surface area (Å²) in [6.45, 7) is 7.84. The third-order valence-electron chi connectivity index (χ3n) is 4.48. The Morgan fingerprint density at radius 3 is 2.74 bits per heavy atom. The maximum absolute atomic E-state index is 5.66. The number of guanidine groups is 1. The highest BCUT2D eigenvalue weighted by atomic mass is 16.5. The zero-order chi connectivity index (χ0) is 16.2. The van der Waals surface area contributed by atoms with Gasteiger partial charge in [0.25, 0.3) is 0 Å². The van der Waals surface area contributed by atoms with Crippen molar-refractivity contribution in [3.05, 3.63) is 0 Å². The minimum Gasteiger partial charge on any atom is -0.379 e. The summed E-state index contributed by atoms with van der Waals surface area (Å²) in [4.78, 5) is 6.80. The number of rotatable bonds is 9. The minimum absolute atomic E-state index is 0.326. The van der Waals surface area contributed by atoms with Gasteiger partial charge in [0.05, 0.1) is 12.7 Å². The van der Waals surface area contributed by atoms with Gasteiger partial charge in [0.2, 0.25) is 0 Å². The van der Waals surface area contributed by atoms with Gasteiger partial charge in [-0.05, 0) is 45.2 Å². The third-order valence-corrected chi connectivity index (χ3v) is 4.48. The summed E-state index contributed by atoms with van der Waals surface area (Å²) in [6.07, 6.45) is 7.72. The molecular weight excluding hydrogens is 292 g/mol. The SMILES string of the molecule is CN=C(NCCCOCC1CCCO1)NCCN1CCCCC1. The number of nitrogens with zero attached hydrogens (tertiary/aromatic N) is 2. The van der Waals surface area contributed by atoms with Crippen molar-refractivity contribution in [3.63, 3.8) is 0 Å². The Bertz CT molecular complexity index is 327. The predicted molar refractivity (Wildman–Crippen MR) is 94.1 cm³/mol. The first-order valence-corrected chi connectivity index (χ1v) is 9.24. The summed E-state index contributed by atoms with van der Waals surface area (Å²) < 4.78 is 11.2. The number of nitrogens with one attached hydrogen (secondary N) is 2. The third kappa shape index (κ3) is 7.99. The van der Waals surface area contributed by atoms with Crippen molar-refractivity contribution in [3.8, 4) is 0 Å². The number of hydrogen-bond acceptors (Lipinski definition) is 4. The molecule has 2 heterocycles. The van der Waals surface area contributed by atoms with Crippen LogP contribution in [0.3, 0.4) is 0 Å². The van der Waals surface area contributed by atoms with Crippen LogP contribution in [0.25, 0.3) is 0 Å². The lowest BCUT2D eigenvalue weighted by Gasteiger charge is -2.26. The fourth-order valence-corrected chi connectivity index (χ4v) is 3.11. The lowest BCUT2D eigenvalue weighted by atomic mass is 10.1. The van der Waals surface area contributed by atoms with Crippen LogP contribution < -0.4 is 10.6 Å². The maximum Gasteiger partial charge on any atom is 0.191 e. The van der Waals surface area contributed by atoms with Gasteiger partial charge in [-0.15, -0.1) is 0 Å². The van der Waals surface area contributed by atoms with Crippen LogP contribution in [0.1, 0.15) is 38.5 Å². The highest BCUT2D eigenvalue weighted by molar-refractivity contribution is 5.79. The zero-order valence-electron chi connectivity index (χ0n) is 14.7. The molecular formula is C17H34N4O2. The zero-order valence-corrected chi connectivity index (χ0v) is 14.7. The molecule has 0 aromatic carbocycles. The van der Waals surface area contributed by atoms with E-state index < -0.39 is 0 Å². The van der Waals surface area contributed by atoms with Gasteiger partial charge in [0.1, 0.15) is 0 Å². The average Bonchev–Trinajstić information content (AvgIpc) is 3.10. The van der Waals surface area contributed by atoms with E-state index in [9.17, 15) is 0 Å². The molecule has 0 saturated carbocycles. The van der Waals surface area contributed by atoms with E-state index in [2.05, 4.69) is 20.5 Å². The minimum atomic E-state index is 0.326. The van der Waals surface area contributed by atoms with Crippen LogP contribution in [0.2, 0.25) is 0 Å². The highest BCUT2D eigenvalue weighted by Gasteiger charge is 2.14. The quantitative estimate of drug-likeness (QED) is 0.379. The van der Waals surface area contributed by atoms with Crippen molar-refractivity contribution in [1.82, 2.24) is 15.5 Å². The summed E-state index contributed by atoms with van der Waals surface area (Å²) in [5, 5.41) is 6.73. The van der Waals surface area contributed by atoms with Crippen LogP contribution in [0, 0.1) is 0 Å². The Morgan fingerprint density at radius 2 is 2.00 bits per heavy atom. The van der Waals surface area contributed by atoms with Crippen LogP contribution in [0.15, 0.2) is 4.99 Å². The lowest BCUT2D eigenvalue weighted by Crippen LogP contribution is -2.43. The fourth-order valence-electron chi connectivity index (χ4n) is 3.11. The van der Waals surface area contributed by atoms with Crippen molar-refractivity contribution in [1.29, 1.82) is 0 Å². The molecule has 1 unspecified atom stereocenters. The topological polar surface area (TPSA) is 58.1 Å². The van der Waals surface area contributed by atoms with Gasteiger partial charge < -0.3 is 25.0 Å². The van der Waals surface area contributed by atoms with Crippen molar-refractivity contribution in [2.24, 2.45) is 4.99 Å². The molecule has 0 aliphatic carbocycles. The summed E-state index contributed by atoms with van der Waals surface area (Å²) in [6, 6.07) is 0. The van der Waals surface area contributed by atoms with E-state index in [0.717, 1.165) is 58.3 Å². The Morgan fingerprint density at radius 1 is 1.17 bits per heavy atom. The average molecular weight is 326 g/mol. The molecule has 0 radical (unpaired) electrons. The molecule has 2 rings (SSSR count). The van der Waals surface area contributed by atoms with Crippen molar-refractivity contribution in [2.75, 3.05) is 59.6 Å². The van der Waals surface area contributed by atoms with Crippen LogP contribution in [0.4, 0.5) is 0 Å².